The number of hydrogen-bond donors (Lipinski definition) is 1. The van der Waals surface area contributed by atoms with Gasteiger partial charge < -0.3 is 19.7 Å². The van der Waals surface area contributed by atoms with Crippen LogP contribution >= 0.6 is 0 Å². The van der Waals surface area contributed by atoms with Crippen molar-refractivity contribution in [3.05, 3.63) is 34.7 Å². The molecule has 1 N–H and O–H groups in total. The van der Waals surface area contributed by atoms with Crippen LogP contribution < -0.4 is 10.9 Å². The zero-order valence-corrected chi connectivity index (χ0v) is 14.0. The number of nitrogens with one attached hydrogen (secondary N) is 1. The molecule has 0 saturated carbocycles. The second kappa shape index (κ2) is 9.47. The van der Waals surface area contributed by atoms with Crippen molar-refractivity contribution < 1.29 is 4.79 Å². The lowest BCUT2D eigenvalue weighted by Gasteiger charge is -2.33. The standard InChI is InChI=1S/C17H28N4O2/c1-2-19-12-14-20(15-13-19)9-5-8-18-16(22)7-11-21-10-4-3-6-17(21)23/h3-4,6,10H,2,5,7-9,11-15H2,1H3,(H,18,22). The lowest BCUT2D eigenvalue weighted by Crippen LogP contribution is -2.46. The van der Waals surface area contributed by atoms with E-state index in [-0.39, 0.29) is 11.5 Å². The minimum absolute atomic E-state index is 0.0107. The molecule has 0 spiro atoms. The first kappa shape index (κ1) is 17.7. The predicted octanol–water partition coefficient (Wildman–Crippen LogP) is 0.382. The topological polar surface area (TPSA) is 57.6 Å². The molecule has 1 aliphatic rings. The van der Waals surface area contributed by atoms with Crippen LogP contribution in [0.15, 0.2) is 29.2 Å². The molecule has 6 nitrogen and oxygen atoms in total. The number of carbonyl (C=O) groups excluding carboxylic acids is 1. The highest BCUT2D eigenvalue weighted by molar-refractivity contribution is 5.75. The summed E-state index contributed by atoms with van der Waals surface area (Å²) >= 11 is 0. The van der Waals surface area contributed by atoms with Crippen molar-refractivity contribution in [1.29, 1.82) is 0 Å². The molecule has 128 valence electrons. The molecule has 1 amide bonds. The Bertz CT molecular complexity index is 535. The zero-order chi connectivity index (χ0) is 16.5. The van der Waals surface area contributed by atoms with Gasteiger partial charge in [0.25, 0.3) is 5.56 Å². The number of aromatic nitrogens is 1. The molecule has 1 fully saturated rings. The van der Waals surface area contributed by atoms with Crippen molar-refractivity contribution in [1.82, 2.24) is 19.7 Å². The van der Waals surface area contributed by atoms with Gasteiger partial charge in [0.2, 0.25) is 5.91 Å². The van der Waals surface area contributed by atoms with E-state index in [9.17, 15) is 9.59 Å². The maximum Gasteiger partial charge on any atom is 0.250 e. The van der Waals surface area contributed by atoms with Crippen molar-refractivity contribution >= 4 is 5.91 Å². The molecule has 0 unspecified atom stereocenters. The van der Waals surface area contributed by atoms with E-state index >= 15 is 0 Å². The average Bonchev–Trinajstić information content (AvgIpc) is 2.58. The van der Waals surface area contributed by atoms with Gasteiger partial charge in [-0.2, -0.15) is 0 Å². The van der Waals surface area contributed by atoms with Crippen molar-refractivity contribution in [2.75, 3.05) is 45.8 Å². The fourth-order valence-electron chi connectivity index (χ4n) is 2.82. The average molecular weight is 320 g/mol. The summed E-state index contributed by atoms with van der Waals surface area (Å²) in [6, 6.07) is 5.02. The van der Waals surface area contributed by atoms with Gasteiger partial charge in [-0.15, -0.1) is 0 Å². The van der Waals surface area contributed by atoms with Gasteiger partial charge in [-0.1, -0.05) is 13.0 Å². The second-order valence-corrected chi connectivity index (χ2v) is 5.96. The highest BCUT2D eigenvalue weighted by Crippen LogP contribution is 2.01. The van der Waals surface area contributed by atoms with Crippen LogP contribution in [0.4, 0.5) is 0 Å². The maximum absolute atomic E-state index is 11.8. The first-order chi connectivity index (χ1) is 11.2. The molecule has 23 heavy (non-hydrogen) atoms. The summed E-state index contributed by atoms with van der Waals surface area (Å²) in [5.41, 5.74) is -0.0634. The third-order valence-electron chi connectivity index (χ3n) is 4.36. The van der Waals surface area contributed by atoms with Crippen LogP contribution in [0.5, 0.6) is 0 Å². The van der Waals surface area contributed by atoms with Crippen LogP contribution in [0, 0.1) is 0 Å². The number of pyridine rings is 1. The fraction of sp³-hybridized carbons (Fsp3) is 0.647. The molecule has 1 aliphatic heterocycles. The normalized spacial score (nSPS) is 16.4. The van der Waals surface area contributed by atoms with Crippen LogP contribution in [0.2, 0.25) is 0 Å². The van der Waals surface area contributed by atoms with E-state index in [4.69, 9.17) is 0 Å². The van der Waals surface area contributed by atoms with Crippen LogP contribution in [0.3, 0.4) is 0 Å². The summed E-state index contributed by atoms with van der Waals surface area (Å²) in [5.74, 6) is 0.0107. The Morgan fingerprint density at radius 3 is 2.57 bits per heavy atom. The van der Waals surface area contributed by atoms with E-state index in [1.165, 1.54) is 6.07 Å². The Kier molecular flexibility index (Phi) is 7.29. The molecule has 1 aromatic heterocycles. The number of hydrogen-bond acceptors (Lipinski definition) is 4. The third-order valence-corrected chi connectivity index (χ3v) is 4.36. The zero-order valence-electron chi connectivity index (χ0n) is 14.0. The molecule has 2 heterocycles. The van der Waals surface area contributed by atoms with Gasteiger partial charge in [0, 0.05) is 58.0 Å². The van der Waals surface area contributed by atoms with Gasteiger partial charge in [0.1, 0.15) is 0 Å². The summed E-state index contributed by atoms with van der Waals surface area (Å²) in [6.45, 7) is 10.1. The summed E-state index contributed by atoms with van der Waals surface area (Å²) in [4.78, 5) is 28.3. The Morgan fingerprint density at radius 1 is 1.13 bits per heavy atom. The third kappa shape index (κ3) is 6.15. The van der Waals surface area contributed by atoms with Gasteiger partial charge in [0.05, 0.1) is 0 Å². The first-order valence-corrected chi connectivity index (χ1v) is 8.56. The monoisotopic (exact) mass is 320 g/mol. The van der Waals surface area contributed by atoms with Crippen molar-refractivity contribution in [2.45, 2.75) is 26.3 Å². The van der Waals surface area contributed by atoms with Gasteiger partial charge in [-0.25, -0.2) is 0 Å². The Morgan fingerprint density at radius 2 is 1.87 bits per heavy atom. The first-order valence-electron chi connectivity index (χ1n) is 8.56. The highest BCUT2D eigenvalue weighted by atomic mass is 16.1. The minimum atomic E-state index is -0.0634. The second-order valence-electron chi connectivity index (χ2n) is 5.96. The van der Waals surface area contributed by atoms with Gasteiger partial charge >= 0.3 is 0 Å². The number of nitrogens with zero attached hydrogens (tertiary/aromatic N) is 3. The van der Waals surface area contributed by atoms with E-state index in [0.717, 1.165) is 45.7 Å². The summed E-state index contributed by atoms with van der Waals surface area (Å²) < 4.78 is 1.56. The van der Waals surface area contributed by atoms with Crippen LogP contribution in [0.25, 0.3) is 0 Å². The fourth-order valence-corrected chi connectivity index (χ4v) is 2.82. The van der Waals surface area contributed by atoms with E-state index in [0.29, 0.717) is 19.5 Å². The molecule has 0 aromatic carbocycles. The highest BCUT2D eigenvalue weighted by Gasteiger charge is 2.14. The number of likely N-dealkylation sites (N-methyl/N-ethyl adjacent to an activating group) is 1. The van der Waals surface area contributed by atoms with Gasteiger partial charge in [-0.05, 0) is 25.6 Å². The van der Waals surface area contributed by atoms with E-state index in [1.807, 2.05) is 0 Å². The maximum atomic E-state index is 11.8. The molecular formula is C17H28N4O2. The molecule has 2 rings (SSSR count). The molecular weight excluding hydrogens is 292 g/mol. The van der Waals surface area contributed by atoms with Crippen LogP contribution in [-0.4, -0.2) is 66.1 Å². The van der Waals surface area contributed by atoms with Crippen LogP contribution in [0.1, 0.15) is 19.8 Å². The van der Waals surface area contributed by atoms with E-state index in [1.54, 1.807) is 22.9 Å². The quantitative estimate of drug-likeness (QED) is 0.704. The smallest absolute Gasteiger partial charge is 0.250 e. The Hall–Kier alpha value is -1.66. The number of rotatable bonds is 8. The summed E-state index contributed by atoms with van der Waals surface area (Å²) in [6.07, 6.45) is 3.04. The van der Waals surface area contributed by atoms with Crippen molar-refractivity contribution in [2.24, 2.45) is 0 Å². The molecule has 6 heteroatoms. The lowest BCUT2D eigenvalue weighted by atomic mass is 10.3. The molecule has 0 radical (unpaired) electrons. The number of carbonyl (C=O) groups is 1. The Labute approximate surface area is 138 Å². The number of piperazine rings is 1. The SMILES string of the molecule is CCN1CCN(CCCNC(=O)CCn2ccccc2=O)CC1. The lowest BCUT2D eigenvalue weighted by molar-refractivity contribution is -0.121. The van der Waals surface area contributed by atoms with Gasteiger partial charge in [0.15, 0.2) is 0 Å². The number of aryl methyl sites for hydroxylation is 1. The molecule has 0 atom stereocenters. The number of amides is 1. The molecule has 0 bridgehead atoms. The molecule has 0 aliphatic carbocycles. The molecule has 1 aromatic rings. The van der Waals surface area contributed by atoms with Crippen molar-refractivity contribution in [3.63, 3.8) is 0 Å². The summed E-state index contributed by atoms with van der Waals surface area (Å²) in [7, 11) is 0. The van der Waals surface area contributed by atoms with Crippen molar-refractivity contribution in [3.8, 4) is 0 Å². The molecule has 1 saturated heterocycles. The van der Waals surface area contributed by atoms with Crippen LogP contribution in [-0.2, 0) is 11.3 Å². The summed E-state index contributed by atoms with van der Waals surface area (Å²) in [5, 5.41) is 2.94. The minimum Gasteiger partial charge on any atom is -0.356 e. The Balaban J connectivity index is 1.55. The van der Waals surface area contributed by atoms with E-state index in [2.05, 4.69) is 22.0 Å². The predicted molar refractivity (Wildman–Crippen MR) is 91.5 cm³/mol. The largest absolute Gasteiger partial charge is 0.356 e. The van der Waals surface area contributed by atoms with Gasteiger partial charge in [-0.3, -0.25) is 9.59 Å². The van der Waals surface area contributed by atoms with E-state index < -0.39 is 0 Å².